The van der Waals surface area contributed by atoms with Crippen LogP contribution in [0.1, 0.15) is 41.4 Å². The number of nitrogens with zero attached hydrogens (tertiary/aromatic N) is 1. The zero-order chi connectivity index (χ0) is 17.3. The molecule has 5 nitrogen and oxygen atoms in total. The van der Waals surface area contributed by atoms with E-state index in [1.165, 1.54) is 18.6 Å². The fourth-order valence-corrected chi connectivity index (χ4v) is 3.77. The standard InChI is InChI=1S/C18H19NO4S/c1-4-23-16(20)14-11(2)19-24-15(14)12-5-7-13(8-6-12)18(9-10-18)17(21)22-3/h5-8H,4,9-10H2,1-3H3. The van der Waals surface area contributed by atoms with Crippen molar-refractivity contribution in [3.63, 3.8) is 0 Å². The number of esters is 2. The molecular formula is C18H19NO4S. The lowest BCUT2D eigenvalue weighted by Gasteiger charge is -2.13. The highest BCUT2D eigenvalue weighted by Crippen LogP contribution is 2.49. The minimum absolute atomic E-state index is 0.184. The molecule has 2 aromatic rings. The van der Waals surface area contributed by atoms with Crippen molar-refractivity contribution >= 4 is 23.5 Å². The van der Waals surface area contributed by atoms with Crippen molar-refractivity contribution in [3.8, 4) is 10.4 Å². The first-order valence-electron chi connectivity index (χ1n) is 7.86. The Labute approximate surface area is 144 Å². The van der Waals surface area contributed by atoms with E-state index in [4.69, 9.17) is 9.47 Å². The third-order valence-electron chi connectivity index (χ3n) is 4.37. The van der Waals surface area contributed by atoms with E-state index in [0.717, 1.165) is 28.8 Å². The minimum Gasteiger partial charge on any atom is -0.468 e. The van der Waals surface area contributed by atoms with Gasteiger partial charge >= 0.3 is 11.9 Å². The third-order valence-corrected chi connectivity index (χ3v) is 5.36. The summed E-state index contributed by atoms with van der Waals surface area (Å²) in [6.45, 7) is 3.91. The molecule has 0 radical (unpaired) electrons. The Kier molecular flexibility index (Phi) is 4.41. The van der Waals surface area contributed by atoms with Crippen LogP contribution in [-0.4, -0.2) is 30.0 Å². The number of aryl methyl sites for hydroxylation is 1. The summed E-state index contributed by atoms with van der Waals surface area (Å²) in [6, 6.07) is 7.72. The predicted molar refractivity (Wildman–Crippen MR) is 91.2 cm³/mol. The molecule has 0 N–H and O–H groups in total. The first-order chi connectivity index (χ1) is 11.5. The number of aromatic nitrogens is 1. The van der Waals surface area contributed by atoms with Crippen LogP contribution in [0.25, 0.3) is 10.4 Å². The monoisotopic (exact) mass is 345 g/mol. The normalized spacial score (nSPS) is 15.0. The topological polar surface area (TPSA) is 65.5 Å². The molecule has 6 heteroatoms. The Hall–Kier alpha value is -2.21. The second kappa shape index (κ2) is 6.36. The maximum Gasteiger partial charge on any atom is 0.341 e. The number of hydrogen-bond acceptors (Lipinski definition) is 6. The Bertz CT molecular complexity index is 775. The van der Waals surface area contributed by atoms with Gasteiger partial charge in [-0.15, -0.1) is 0 Å². The van der Waals surface area contributed by atoms with Gasteiger partial charge in [0.05, 0.1) is 29.7 Å². The van der Waals surface area contributed by atoms with Gasteiger partial charge in [0.1, 0.15) is 5.56 Å². The summed E-state index contributed by atoms with van der Waals surface area (Å²) in [6.07, 6.45) is 1.62. The van der Waals surface area contributed by atoms with Crippen LogP contribution in [0.3, 0.4) is 0 Å². The van der Waals surface area contributed by atoms with E-state index < -0.39 is 5.41 Å². The number of rotatable bonds is 5. The van der Waals surface area contributed by atoms with Gasteiger partial charge < -0.3 is 9.47 Å². The van der Waals surface area contributed by atoms with Crippen molar-refractivity contribution in [3.05, 3.63) is 41.1 Å². The number of methoxy groups -OCH3 is 1. The molecule has 1 aromatic heterocycles. The van der Waals surface area contributed by atoms with E-state index in [1.54, 1.807) is 13.8 Å². The van der Waals surface area contributed by atoms with E-state index in [9.17, 15) is 9.59 Å². The van der Waals surface area contributed by atoms with Gasteiger partial charge in [-0.2, -0.15) is 4.37 Å². The number of benzene rings is 1. The molecule has 1 heterocycles. The maximum atomic E-state index is 12.2. The maximum absolute atomic E-state index is 12.2. The Balaban J connectivity index is 1.93. The van der Waals surface area contributed by atoms with Crippen LogP contribution in [0.2, 0.25) is 0 Å². The van der Waals surface area contributed by atoms with Crippen LogP contribution in [0.4, 0.5) is 0 Å². The molecule has 0 saturated heterocycles. The van der Waals surface area contributed by atoms with Gasteiger partial charge in [0.15, 0.2) is 0 Å². The van der Waals surface area contributed by atoms with Crippen LogP contribution in [0.5, 0.6) is 0 Å². The third kappa shape index (κ3) is 2.71. The average Bonchev–Trinajstić information content (AvgIpc) is 3.31. The van der Waals surface area contributed by atoms with Gasteiger partial charge in [-0.3, -0.25) is 4.79 Å². The lowest BCUT2D eigenvalue weighted by Crippen LogP contribution is -2.21. The van der Waals surface area contributed by atoms with E-state index in [-0.39, 0.29) is 11.9 Å². The largest absolute Gasteiger partial charge is 0.468 e. The van der Waals surface area contributed by atoms with E-state index in [1.807, 2.05) is 24.3 Å². The first kappa shape index (κ1) is 16.6. The van der Waals surface area contributed by atoms with E-state index >= 15 is 0 Å². The van der Waals surface area contributed by atoms with E-state index in [0.29, 0.717) is 17.9 Å². The fourth-order valence-electron chi connectivity index (χ4n) is 2.88. The van der Waals surface area contributed by atoms with Crippen LogP contribution < -0.4 is 0 Å². The Morgan fingerprint density at radius 2 is 1.92 bits per heavy atom. The Morgan fingerprint density at radius 3 is 2.46 bits per heavy atom. The summed E-state index contributed by atoms with van der Waals surface area (Å²) in [5.41, 5.74) is 2.56. The van der Waals surface area contributed by atoms with Crippen molar-refractivity contribution in [2.24, 2.45) is 0 Å². The van der Waals surface area contributed by atoms with Crippen molar-refractivity contribution in [2.75, 3.05) is 13.7 Å². The molecule has 126 valence electrons. The highest BCUT2D eigenvalue weighted by Gasteiger charge is 2.52. The zero-order valence-electron chi connectivity index (χ0n) is 13.9. The molecule has 1 aliphatic rings. The lowest BCUT2D eigenvalue weighted by atomic mass is 9.94. The highest BCUT2D eigenvalue weighted by atomic mass is 32.1. The number of ether oxygens (including phenoxy) is 2. The molecule has 3 rings (SSSR count). The van der Waals surface area contributed by atoms with Gasteiger partial charge in [0.25, 0.3) is 0 Å². The van der Waals surface area contributed by atoms with Gasteiger partial charge in [-0.05, 0) is 49.3 Å². The van der Waals surface area contributed by atoms with Gasteiger partial charge in [0.2, 0.25) is 0 Å². The van der Waals surface area contributed by atoms with Crippen LogP contribution in [0, 0.1) is 6.92 Å². The fraction of sp³-hybridized carbons (Fsp3) is 0.389. The summed E-state index contributed by atoms with van der Waals surface area (Å²) in [5, 5.41) is 0. The predicted octanol–water partition coefficient (Wildman–Crippen LogP) is 3.50. The second-order valence-corrected chi connectivity index (χ2v) is 6.62. The number of carbonyl (C=O) groups excluding carboxylic acids is 2. The van der Waals surface area contributed by atoms with Crippen LogP contribution in [0.15, 0.2) is 24.3 Å². The van der Waals surface area contributed by atoms with Gasteiger partial charge in [0, 0.05) is 0 Å². The Morgan fingerprint density at radius 1 is 1.25 bits per heavy atom. The van der Waals surface area contributed by atoms with Crippen molar-refractivity contribution in [1.29, 1.82) is 0 Å². The molecule has 0 atom stereocenters. The number of carbonyl (C=O) groups is 2. The molecule has 0 bridgehead atoms. The SMILES string of the molecule is CCOC(=O)c1c(C)nsc1-c1ccc(C2(C(=O)OC)CC2)cc1. The van der Waals surface area contributed by atoms with Crippen molar-refractivity contribution in [2.45, 2.75) is 32.1 Å². The smallest absolute Gasteiger partial charge is 0.341 e. The summed E-state index contributed by atoms with van der Waals surface area (Å²) >= 11 is 1.28. The first-order valence-corrected chi connectivity index (χ1v) is 8.63. The molecule has 1 fully saturated rings. The molecule has 0 unspecified atom stereocenters. The molecule has 0 aliphatic heterocycles. The summed E-state index contributed by atoms with van der Waals surface area (Å²) in [4.78, 5) is 24.9. The minimum atomic E-state index is -0.485. The van der Waals surface area contributed by atoms with Gasteiger partial charge in [-0.25, -0.2) is 4.79 Å². The summed E-state index contributed by atoms with van der Waals surface area (Å²) in [7, 11) is 1.42. The molecule has 0 amide bonds. The zero-order valence-corrected chi connectivity index (χ0v) is 14.7. The molecule has 24 heavy (non-hydrogen) atoms. The summed E-state index contributed by atoms with van der Waals surface area (Å²) in [5.74, 6) is -0.535. The molecular weight excluding hydrogens is 326 g/mol. The average molecular weight is 345 g/mol. The van der Waals surface area contributed by atoms with E-state index in [2.05, 4.69) is 4.37 Å². The van der Waals surface area contributed by atoms with Gasteiger partial charge in [-0.1, -0.05) is 24.3 Å². The van der Waals surface area contributed by atoms with Crippen molar-refractivity contribution in [1.82, 2.24) is 4.37 Å². The molecule has 0 spiro atoms. The van der Waals surface area contributed by atoms with Crippen molar-refractivity contribution < 1.29 is 19.1 Å². The highest BCUT2D eigenvalue weighted by molar-refractivity contribution is 7.10. The quantitative estimate of drug-likeness (QED) is 0.776. The molecule has 1 aromatic carbocycles. The molecule has 1 aliphatic carbocycles. The molecule has 1 saturated carbocycles. The summed E-state index contributed by atoms with van der Waals surface area (Å²) < 4.78 is 14.3. The lowest BCUT2D eigenvalue weighted by molar-refractivity contribution is -0.143. The second-order valence-electron chi connectivity index (χ2n) is 5.84. The number of hydrogen-bond donors (Lipinski definition) is 0. The van der Waals surface area contributed by atoms with Crippen LogP contribution >= 0.6 is 11.5 Å². The van der Waals surface area contributed by atoms with Crippen LogP contribution in [-0.2, 0) is 19.7 Å².